The highest BCUT2D eigenvalue weighted by Gasteiger charge is 1.93. The van der Waals surface area contributed by atoms with E-state index >= 15 is 0 Å². The molecule has 0 spiro atoms. The first kappa shape index (κ1) is 12.2. The second kappa shape index (κ2) is 9.27. The van der Waals surface area contributed by atoms with Crippen molar-refractivity contribution < 1.29 is 0 Å². The first-order valence-corrected chi connectivity index (χ1v) is 4.99. The van der Waals surface area contributed by atoms with Crippen molar-refractivity contribution in [3.05, 3.63) is 37.0 Å². The van der Waals surface area contributed by atoms with E-state index in [2.05, 4.69) is 25.4 Å². The van der Waals surface area contributed by atoms with Gasteiger partial charge in [0.25, 0.3) is 0 Å². The maximum Gasteiger partial charge on any atom is -0.00484 e. The van der Waals surface area contributed by atoms with E-state index in [-0.39, 0.29) is 0 Å². The molecule has 1 heteroatoms. The SMILES string of the molecule is C1CCNC1.C=C/C=C(\C=C)CC. The molecule has 0 aliphatic carbocycles. The van der Waals surface area contributed by atoms with E-state index < -0.39 is 0 Å². The average Bonchev–Trinajstić information content (AvgIpc) is 2.72. The van der Waals surface area contributed by atoms with Gasteiger partial charge in [-0.1, -0.05) is 38.3 Å². The summed E-state index contributed by atoms with van der Waals surface area (Å²) in [5, 5.41) is 3.22. The standard InChI is InChI=1S/C8H12.C4H9N/c1-4-7-8(5-2)6-3;1-2-4-5-3-1/h4-5,7H,1-2,6H2,3H3;5H,1-4H2/b8-7+;. The predicted octanol–water partition coefficient (Wildman–Crippen LogP) is 3.06. The Labute approximate surface area is 82.2 Å². The van der Waals surface area contributed by atoms with Gasteiger partial charge in [-0.2, -0.15) is 0 Å². The van der Waals surface area contributed by atoms with E-state index in [1.807, 2.05) is 12.2 Å². The molecule has 0 amide bonds. The summed E-state index contributed by atoms with van der Waals surface area (Å²) < 4.78 is 0. The fraction of sp³-hybridized carbons (Fsp3) is 0.500. The van der Waals surface area contributed by atoms with Gasteiger partial charge in [0.1, 0.15) is 0 Å². The summed E-state index contributed by atoms with van der Waals surface area (Å²) in [6, 6.07) is 0. The number of nitrogens with one attached hydrogen (secondary N) is 1. The lowest BCUT2D eigenvalue weighted by atomic mass is 10.2. The van der Waals surface area contributed by atoms with Crippen LogP contribution in [0.1, 0.15) is 26.2 Å². The van der Waals surface area contributed by atoms with Crippen LogP contribution in [0.15, 0.2) is 37.0 Å². The molecule has 0 aromatic rings. The molecule has 1 saturated heterocycles. The molecule has 0 aromatic carbocycles. The second-order valence-corrected chi connectivity index (χ2v) is 2.99. The Bertz CT molecular complexity index is 156. The van der Waals surface area contributed by atoms with Gasteiger partial charge in [-0.25, -0.2) is 0 Å². The third-order valence-corrected chi connectivity index (χ3v) is 1.96. The van der Waals surface area contributed by atoms with Crippen LogP contribution in [-0.4, -0.2) is 13.1 Å². The highest BCUT2D eigenvalue weighted by Crippen LogP contribution is 1.99. The third kappa shape index (κ3) is 7.54. The molecule has 13 heavy (non-hydrogen) atoms. The largest absolute Gasteiger partial charge is 0.317 e. The molecule has 0 unspecified atom stereocenters. The van der Waals surface area contributed by atoms with Gasteiger partial charge in [0.2, 0.25) is 0 Å². The second-order valence-electron chi connectivity index (χ2n) is 2.99. The minimum absolute atomic E-state index is 1.04. The lowest BCUT2D eigenvalue weighted by molar-refractivity contribution is 0.857. The normalized spacial score (nSPS) is 15.9. The van der Waals surface area contributed by atoms with Crippen molar-refractivity contribution in [1.82, 2.24) is 5.32 Å². The van der Waals surface area contributed by atoms with Crippen LogP contribution < -0.4 is 5.32 Å². The molecule has 0 bridgehead atoms. The van der Waals surface area contributed by atoms with Crippen molar-refractivity contribution in [2.45, 2.75) is 26.2 Å². The van der Waals surface area contributed by atoms with Crippen molar-refractivity contribution in [1.29, 1.82) is 0 Å². The van der Waals surface area contributed by atoms with Gasteiger partial charge >= 0.3 is 0 Å². The zero-order chi connectivity index (χ0) is 9.94. The highest BCUT2D eigenvalue weighted by atomic mass is 14.9. The van der Waals surface area contributed by atoms with E-state index in [1.165, 1.54) is 31.5 Å². The Balaban J connectivity index is 0.000000243. The van der Waals surface area contributed by atoms with Crippen molar-refractivity contribution in [2.75, 3.05) is 13.1 Å². The summed E-state index contributed by atoms with van der Waals surface area (Å²) >= 11 is 0. The van der Waals surface area contributed by atoms with E-state index in [1.54, 1.807) is 6.08 Å². The van der Waals surface area contributed by atoms with Gasteiger partial charge in [-0.3, -0.25) is 0 Å². The van der Waals surface area contributed by atoms with Gasteiger partial charge in [0.15, 0.2) is 0 Å². The Hall–Kier alpha value is -0.820. The molecule has 0 atom stereocenters. The van der Waals surface area contributed by atoms with Gasteiger partial charge < -0.3 is 5.32 Å². The number of allylic oxidation sites excluding steroid dienone is 4. The van der Waals surface area contributed by atoms with E-state index in [4.69, 9.17) is 0 Å². The molecule has 1 aliphatic rings. The van der Waals surface area contributed by atoms with Crippen LogP contribution in [-0.2, 0) is 0 Å². The molecular weight excluding hydrogens is 158 g/mol. The fourth-order valence-corrected chi connectivity index (χ4v) is 1.11. The molecule has 1 heterocycles. The van der Waals surface area contributed by atoms with Crippen LogP contribution >= 0.6 is 0 Å². The summed E-state index contributed by atoms with van der Waals surface area (Å²) in [5.74, 6) is 0. The first-order valence-electron chi connectivity index (χ1n) is 4.99. The summed E-state index contributed by atoms with van der Waals surface area (Å²) in [7, 11) is 0. The molecule has 1 fully saturated rings. The van der Waals surface area contributed by atoms with Crippen LogP contribution in [0.25, 0.3) is 0 Å². The molecule has 1 rings (SSSR count). The van der Waals surface area contributed by atoms with Crippen molar-refractivity contribution in [3.8, 4) is 0 Å². The predicted molar refractivity (Wildman–Crippen MR) is 60.9 cm³/mol. The van der Waals surface area contributed by atoms with Crippen LogP contribution in [0.4, 0.5) is 0 Å². The Morgan fingerprint density at radius 1 is 1.31 bits per heavy atom. The maximum absolute atomic E-state index is 3.63. The summed E-state index contributed by atoms with van der Waals surface area (Å²) in [4.78, 5) is 0. The van der Waals surface area contributed by atoms with Crippen LogP contribution in [0.2, 0.25) is 0 Å². The monoisotopic (exact) mass is 179 g/mol. The minimum Gasteiger partial charge on any atom is -0.317 e. The molecular formula is C12H21N. The zero-order valence-corrected chi connectivity index (χ0v) is 8.68. The molecule has 0 saturated carbocycles. The van der Waals surface area contributed by atoms with Gasteiger partial charge in [0.05, 0.1) is 0 Å². The van der Waals surface area contributed by atoms with E-state index in [0.717, 1.165) is 6.42 Å². The third-order valence-electron chi connectivity index (χ3n) is 1.96. The van der Waals surface area contributed by atoms with E-state index in [0.29, 0.717) is 0 Å². The first-order chi connectivity index (χ1) is 6.35. The quantitative estimate of drug-likeness (QED) is 0.657. The molecule has 1 nitrogen and oxygen atoms in total. The summed E-state index contributed by atoms with van der Waals surface area (Å²) in [6.45, 7) is 11.8. The van der Waals surface area contributed by atoms with Crippen LogP contribution in [0, 0.1) is 0 Å². The smallest absolute Gasteiger partial charge is 0.00484 e. The Morgan fingerprint density at radius 3 is 2.08 bits per heavy atom. The lowest BCUT2D eigenvalue weighted by Crippen LogP contribution is -2.03. The number of rotatable bonds is 3. The van der Waals surface area contributed by atoms with Gasteiger partial charge in [0, 0.05) is 0 Å². The fourth-order valence-electron chi connectivity index (χ4n) is 1.11. The minimum atomic E-state index is 1.04. The Morgan fingerprint density at radius 2 is 1.92 bits per heavy atom. The van der Waals surface area contributed by atoms with Crippen LogP contribution in [0.3, 0.4) is 0 Å². The number of hydrogen-bond acceptors (Lipinski definition) is 1. The molecule has 74 valence electrons. The van der Waals surface area contributed by atoms with Crippen LogP contribution in [0.5, 0.6) is 0 Å². The van der Waals surface area contributed by atoms with Crippen molar-refractivity contribution in [2.24, 2.45) is 0 Å². The number of hydrogen-bond donors (Lipinski definition) is 1. The highest BCUT2D eigenvalue weighted by molar-refractivity contribution is 5.20. The topological polar surface area (TPSA) is 12.0 Å². The van der Waals surface area contributed by atoms with Gasteiger partial charge in [-0.05, 0) is 37.9 Å². The van der Waals surface area contributed by atoms with Gasteiger partial charge in [-0.15, -0.1) is 0 Å². The Kier molecular flexibility index (Phi) is 8.68. The van der Waals surface area contributed by atoms with E-state index in [9.17, 15) is 0 Å². The summed E-state index contributed by atoms with van der Waals surface area (Å²) in [6.07, 6.45) is 9.41. The van der Waals surface area contributed by atoms with Crippen molar-refractivity contribution >= 4 is 0 Å². The summed E-state index contributed by atoms with van der Waals surface area (Å²) in [5.41, 5.74) is 1.24. The lowest BCUT2D eigenvalue weighted by Gasteiger charge is -1.89. The average molecular weight is 179 g/mol. The molecule has 0 radical (unpaired) electrons. The van der Waals surface area contributed by atoms with Crippen molar-refractivity contribution in [3.63, 3.8) is 0 Å². The molecule has 0 aromatic heterocycles. The molecule has 1 N–H and O–H groups in total. The maximum atomic E-state index is 3.63. The zero-order valence-electron chi connectivity index (χ0n) is 8.68. The molecule has 1 aliphatic heterocycles.